The third-order valence-electron chi connectivity index (χ3n) is 1.75. The van der Waals surface area contributed by atoms with Crippen LogP contribution in [0.3, 0.4) is 0 Å². The van der Waals surface area contributed by atoms with E-state index in [0.29, 0.717) is 5.13 Å². The molecule has 0 atom stereocenters. The normalized spacial score (nSPS) is 11.6. The molecule has 0 bridgehead atoms. The molecular formula is C9H12N2O2S. The molecule has 0 aliphatic rings. The second-order valence-corrected chi connectivity index (χ2v) is 3.64. The first-order chi connectivity index (χ1) is 6.63. The van der Waals surface area contributed by atoms with E-state index in [1.165, 1.54) is 11.3 Å². The summed E-state index contributed by atoms with van der Waals surface area (Å²) in [5.41, 5.74) is 7.21. The summed E-state index contributed by atoms with van der Waals surface area (Å²) in [6.45, 7) is 1.96. The monoisotopic (exact) mass is 212 g/mol. The summed E-state index contributed by atoms with van der Waals surface area (Å²) in [6, 6.07) is 0. The standard InChI is InChI=1S/C9H12N2O2S/c1-2-6(3-4-8(12)13)7-5-14-9(10)11-7/h3,5H,2,4H2,1H3,(H2,10,11)(H,12,13)/b6-3+. The van der Waals surface area contributed by atoms with Crippen LogP contribution in [0.4, 0.5) is 5.13 Å². The molecule has 1 aromatic heterocycles. The van der Waals surface area contributed by atoms with Crippen LogP contribution in [0.25, 0.3) is 5.57 Å². The minimum Gasteiger partial charge on any atom is -0.481 e. The van der Waals surface area contributed by atoms with E-state index in [0.717, 1.165) is 17.7 Å². The maximum Gasteiger partial charge on any atom is 0.307 e. The Morgan fingerprint density at radius 1 is 1.79 bits per heavy atom. The number of nitrogens with two attached hydrogens (primary N) is 1. The van der Waals surface area contributed by atoms with Crippen molar-refractivity contribution in [3.05, 3.63) is 17.2 Å². The summed E-state index contributed by atoms with van der Waals surface area (Å²) in [5, 5.41) is 10.9. The van der Waals surface area contributed by atoms with Gasteiger partial charge in [-0.2, -0.15) is 0 Å². The first-order valence-corrected chi connectivity index (χ1v) is 5.13. The predicted octanol–water partition coefficient (Wildman–Crippen LogP) is 1.99. The summed E-state index contributed by atoms with van der Waals surface area (Å²) in [4.78, 5) is 14.5. The highest BCUT2D eigenvalue weighted by Crippen LogP contribution is 2.21. The van der Waals surface area contributed by atoms with Crippen molar-refractivity contribution in [3.8, 4) is 0 Å². The molecule has 14 heavy (non-hydrogen) atoms. The first-order valence-electron chi connectivity index (χ1n) is 4.25. The largest absolute Gasteiger partial charge is 0.481 e. The average molecular weight is 212 g/mol. The molecule has 0 fully saturated rings. The van der Waals surface area contributed by atoms with Gasteiger partial charge in [0.05, 0.1) is 12.1 Å². The Kier molecular flexibility index (Phi) is 3.64. The molecule has 0 aromatic carbocycles. The van der Waals surface area contributed by atoms with E-state index >= 15 is 0 Å². The lowest BCUT2D eigenvalue weighted by atomic mass is 10.1. The lowest BCUT2D eigenvalue weighted by molar-refractivity contribution is -0.135. The fourth-order valence-electron chi connectivity index (χ4n) is 1.08. The van der Waals surface area contributed by atoms with Gasteiger partial charge in [-0.3, -0.25) is 4.79 Å². The highest BCUT2D eigenvalue weighted by Gasteiger charge is 2.04. The lowest BCUT2D eigenvalue weighted by Crippen LogP contribution is -1.93. The highest BCUT2D eigenvalue weighted by molar-refractivity contribution is 7.13. The van der Waals surface area contributed by atoms with Crippen LogP contribution in [-0.2, 0) is 4.79 Å². The molecule has 0 saturated carbocycles. The van der Waals surface area contributed by atoms with Crippen molar-refractivity contribution >= 4 is 28.0 Å². The highest BCUT2D eigenvalue weighted by atomic mass is 32.1. The van der Waals surface area contributed by atoms with Crippen LogP contribution < -0.4 is 5.73 Å². The van der Waals surface area contributed by atoms with Gasteiger partial charge in [-0.1, -0.05) is 13.0 Å². The van der Waals surface area contributed by atoms with Gasteiger partial charge in [0.2, 0.25) is 0 Å². The molecule has 0 amide bonds. The van der Waals surface area contributed by atoms with Crippen LogP contribution in [0.1, 0.15) is 25.5 Å². The number of carboxylic acids is 1. The Labute approximate surface area is 86.1 Å². The Morgan fingerprint density at radius 2 is 2.50 bits per heavy atom. The Balaban J connectivity index is 2.81. The smallest absolute Gasteiger partial charge is 0.307 e. The molecule has 5 heteroatoms. The second kappa shape index (κ2) is 4.76. The molecule has 1 rings (SSSR count). The molecule has 3 N–H and O–H groups in total. The molecule has 0 spiro atoms. The topological polar surface area (TPSA) is 76.2 Å². The Hall–Kier alpha value is -1.36. The quantitative estimate of drug-likeness (QED) is 0.800. The molecule has 0 aliphatic carbocycles. The third-order valence-corrected chi connectivity index (χ3v) is 2.43. The van der Waals surface area contributed by atoms with Crippen LogP contribution in [-0.4, -0.2) is 16.1 Å². The zero-order chi connectivity index (χ0) is 10.6. The number of aliphatic carboxylic acids is 1. The third kappa shape index (κ3) is 2.85. The van der Waals surface area contributed by atoms with Crippen molar-refractivity contribution in [1.82, 2.24) is 4.98 Å². The Morgan fingerprint density at radius 3 is 2.93 bits per heavy atom. The minimum absolute atomic E-state index is 0.0284. The molecule has 0 aliphatic heterocycles. The predicted molar refractivity (Wildman–Crippen MR) is 57.0 cm³/mol. The number of carbonyl (C=O) groups is 1. The number of hydrogen-bond donors (Lipinski definition) is 2. The van der Waals surface area contributed by atoms with Crippen molar-refractivity contribution in [2.45, 2.75) is 19.8 Å². The average Bonchev–Trinajstić information content (AvgIpc) is 2.53. The number of rotatable bonds is 4. The van der Waals surface area contributed by atoms with E-state index < -0.39 is 5.97 Å². The van der Waals surface area contributed by atoms with Crippen LogP contribution in [0.15, 0.2) is 11.5 Å². The fraction of sp³-hybridized carbons (Fsp3) is 0.333. The van der Waals surface area contributed by atoms with Gasteiger partial charge in [-0.25, -0.2) is 4.98 Å². The Bertz CT molecular complexity index is 357. The fourth-order valence-corrected chi connectivity index (χ4v) is 1.66. The van der Waals surface area contributed by atoms with Crippen molar-refractivity contribution in [3.63, 3.8) is 0 Å². The molecule has 1 heterocycles. The summed E-state index contributed by atoms with van der Waals surface area (Å²) in [5.74, 6) is -0.834. The summed E-state index contributed by atoms with van der Waals surface area (Å²) in [6.07, 6.45) is 2.47. The van der Waals surface area contributed by atoms with Crippen LogP contribution >= 0.6 is 11.3 Å². The second-order valence-electron chi connectivity index (χ2n) is 2.75. The maximum absolute atomic E-state index is 10.4. The van der Waals surface area contributed by atoms with Gasteiger partial charge >= 0.3 is 5.97 Å². The first kappa shape index (κ1) is 10.7. The van der Waals surface area contributed by atoms with Crippen LogP contribution in [0.5, 0.6) is 0 Å². The number of anilines is 1. The van der Waals surface area contributed by atoms with E-state index in [1.54, 1.807) is 6.08 Å². The van der Waals surface area contributed by atoms with Gasteiger partial charge < -0.3 is 10.8 Å². The van der Waals surface area contributed by atoms with Crippen LogP contribution in [0, 0.1) is 0 Å². The SMILES string of the molecule is CC/C(=C\CC(=O)O)c1csc(N)n1. The number of allylic oxidation sites excluding steroid dienone is 1. The van der Waals surface area contributed by atoms with Gasteiger partial charge in [-0.15, -0.1) is 11.3 Å². The van der Waals surface area contributed by atoms with Crippen molar-refractivity contribution in [1.29, 1.82) is 0 Å². The van der Waals surface area contributed by atoms with Crippen LogP contribution in [0.2, 0.25) is 0 Å². The zero-order valence-electron chi connectivity index (χ0n) is 7.86. The summed E-state index contributed by atoms with van der Waals surface area (Å²) < 4.78 is 0. The van der Waals surface area contributed by atoms with E-state index in [2.05, 4.69) is 4.98 Å². The number of carboxylic acid groups (broad SMARTS) is 1. The zero-order valence-corrected chi connectivity index (χ0v) is 8.67. The van der Waals surface area contributed by atoms with E-state index in [9.17, 15) is 4.79 Å². The number of nitrogen functional groups attached to an aromatic ring is 1. The molecule has 76 valence electrons. The lowest BCUT2D eigenvalue weighted by Gasteiger charge is -1.98. The van der Waals surface area contributed by atoms with Crippen molar-refractivity contribution in [2.24, 2.45) is 0 Å². The molecule has 0 saturated heterocycles. The van der Waals surface area contributed by atoms with Gasteiger partial charge in [-0.05, 0) is 12.0 Å². The molecule has 1 aromatic rings. The number of hydrogen-bond acceptors (Lipinski definition) is 4. The number of nitrogens with zero attached hydrogens (tertiary/aromatic N) is 1. The number of thiazole rings is 1. The van der Waals surface area contributed by atoms with Crippen molar-refractivity contribution < 1.29 is 9.90 Å². The maximum atomic E-state index is 10.4. The summed E-state index contributed by atoms with van der Waals surface area (Å²) in [7, 11) is 0. The van der Waals surface area contributed by atoms with Gasteiger partial charge in [0.25, 0.3) is 0 Å². The van der Waals surface area contributed by atoms with E-state index in [1.807, 2.05) is 12.3 Å². The molecule has 0 unspecified atom stereocenters. The number of aromatic nitrogens is 1. The minimum atomic E-state index is -0.834. The van der Waals surface area contributed by atoms with E-state index in [-0.39, 0.29) is 6.42 Å². The molecule has 4 nitrogen and oxygen atoms in total. The molecular weight excluding hydrogens is 200 g/mol. The van der Waals surface area contributed by atoms with Gasteiger partial charge in [0, 0.05) is 5.38 Å². The van der Waals surface area contributed by atoms with Gasteiger partial charge in [0.1, 0.15) is 0 Å². The molecule has 0 radical (unpaired) electrons. The van der Waals surface area contributed by atoms with E-state index in [4.69, 9.17) is 10.8 Å². The van der Waals surface area contributed by atoms with Crippen molar-refractivity contribution in [2.75, 3.05) is 5.73 Å². The summed E-state index contributed by atoms with van der Waals surface area (Å²) >= 11 is 1.36. The van der Waals surface area contributed by atoms with Gasteiger partial charge in [0.15, 0.2) is 5.13 Å².